The van der Waals surface area contributed by atoms with Crippen molar-refractivity contribution in [1.82, 2.24) is 0 Å². The Morgan fingerprint density at radius 1 is 1.39 bits per heavy atom. The number of rotatable bonds is 4. The molecule has 0 radical (unpaired) electrons. The molecule has 0 amide bonds. The van der Waals surface area contributed by atoms with Crippen molar-refractivity contribution < 1.29 is 19.1 Å². The van der Waals surface area contributed by atoms with Crippen LogP contribution in [0.1, 0.15) is 24.2 Å². The van der Waals surface area contributed by atoms with E-state index in [9.17, 15) is 9.59 Å². The van der Waals surface area contributed by atoms with Crippen LogP contribution in [-0.4, -0.2) is 24.6 Å². The number of ether oxygens (including phenoxy) is 2. The molecular weight excluding hydrogens is 258 g/mol. The van der Waals surface area contributed by atoms with E-state index < -0.39 is 18.5 Å². The van der Waals surface area contributed by atoms with Crippen LogP contribution in [0.5, 0.6) is 0 Å². The fourth-order valence-electron chi connectivity index (χ4n) is 1.25. The van der Waals surface area contributed by atoms with Crippen molar-refractivity contribution in [3.8, 4) is 0 Å². The highest BCUT2D eigenvalue weighted by Gasteiger charge is 2.17. The Morgan fingerprint density at radius 2 is 2.06 bits per heavy atom. The molecule has 98 valence electrons. The van der Waals surface area contributed by atoms with Gasteiger partial charge in [0.25, 0.3) is 0 Å². The first-order chi connectivity index (χ1) is 8.41. The van der Waals surface area contributed by atoms with Crippen LogP contribution in [0.15, 0.2) is 18.2 Å². The van der Waals surface area contributed by atoms with E-state index >= 15 is 0 Å². The zero-order valence-corrected chi connectivity index (χ0v) is 10.9. The van der Waals surface area contributed by atoms with E-state index in [0.717, 1.165) is 0 Å². The predicted molar refractivity (Wildman–Crippen MR) is 67.4 cm³/mol. The fraction of sp³-hybridized carbons (Fsp3) is 0.333. The monoisotopic (exact) mass is 271 g/mol. The molecule has 0 saturated carbocycles. The maximum atomic E-state index is 11.7. The first kappa shape index (κ1) is 14.3. The van der Waals surface area contributed by atoms with Crippen LogP contribution in [0, 0.1) is 0 Å². The van der Waals surface area contributed by atoms with Gasteiger partial charge in [-0.1, -0.05) is 17.7 Å². The number of hydrogen-bond acceptors (Lipinski definition) is 5. The normalized spacial score (nSPS) is 10.2. The summed E-state index contributed by atoms with van der Waals surface area (Å²) in [7, 11) is 0. The number of esters is 2. The summed E-state index contributed by atoms with van der Waals surface area (Å²) in [5.74, 6) is -1.37. The molecule has 0 heterocycles. The van der Waals surface area contributed by atoms with Crippen LogP contribution in [0.2, 0.25) is 5.02 Å². The highest BCUT2D eigenvalue weighted by Crippen LogP contribution is 2.22. The van der Waals surface area contributed by atoms with Crippen LogP contribution in [0.3, 0.4) is 0 Å². The van der Waals surface area contributed by atoms with E-state index in [-0.39, 0.29) is 22.4 Å². The van der Waals surface area contributed by atoms with Gasteiger partial charge in [0.05, 0.1) is 11.1 Å². The number of nitrogens with two attached hydrogens (primary N) is 1. The van der Waals surface area contributed by atoms with Gasteiger partial charge >= 0.3 is 11.9 Å². The van der Waals surface area contributed by atoms with Crippen molar-refractivity contribution in [2.45, 2.75) is 20.0 Å². The van der Waals surface area contributed by atoms with E-state index in [0.29, 0.717) is 0 Å². The van der Waals surface area contributed by atoms with Gasteiger partial charge in [0.1, 0.15) is 5.56 Å². The molecule has 0 spiro atoms. The van der Waals surface area contributed by atoms with Gasteiger partial charge in [-0.25, -0.2) is 9.59 Å². The maximum Gasteiger partial charge on any atom is 0.344 e. The molecule has 2 N–H and O–H groups in total. The smallest absolute Gasteiger partial charge is 0.344 e. The number of nitrogen functional groups attached to an aromatic ring is 1. The molecule has 6 heteroatoms. The van der Waals surface area contributed by atoms with E-state index in [1.54, 1.807) is 19.9 Å². The van der Waals surface area contributed by atoms with Crippen molar-refractivity contribution in [2.75, 3.05) is 12.3 Å². The van der Waals surface area contributed by atoms with Crippen LogP contribution in [0.4, 0.5) is 5.69 Å². The molecule has 0 aliphatic carbocycles. The summed E-state index contributed by atoms with van der Waals surface area (Å²) in [5.41, 5.74) is 5.86. The zero-order valence-electron chi connectivity index (χ0n) is 10.1. The molecule has 5 nitrogen and oxygen atoms in total. The molecule has 18 heavy (non-hydrogen) atoms. The third-order valence-corrected chi connectivity index (χ3v) is 2.25. The lowest BCUT2D eigenvalue weighted by Gasteiger charge is -2.10. The van der Waals surface area contributed by atoms with Gasteiger partial charge in [-0.3, -0.25) is 0 Å². The van der Waals surface area contributed by atoms with Gasteiger partial charge in [0, 0.05) is 5.69 Å². The number of carbonyl (C=O) groups excluding carboxylic acids is 2. The molecule has 0 saturated heterocycles. The predicted octanol–water partition coefficient (Wildman–Crippen LogP) is 2.03. The highest BCUT2D eigenvalue weighted by atomic mass is 35.5. The average molecular weight is 272 g/mol. The lowest BCUT2D eigenvalue weighted by atomic mass is 10.2. The summed E-state index contributed by atoms with van der Waals surface area (Å²) in [6.45, 7) is 2.93. The van der Waals surface area contributed by atoms with Gasteiger partial charge in [-0.2, -0.15) is 0 Å². The number of halogens is 1. The first-order valence-electron chi connectivity index (χ1n) is 5.32. The standard InChI is InChI=1S/C12H14ClNO4/c1-7(2)18-10(15)6-17-12(16)11-8(13)4-3-5-9(11)14/h3-5,7H,6,14H2,1-2H3. The van der Waals surface area contributed by atoms with Crippen molar-refractivity contribution in [3.05, 3.63) is 28.8 Å². The van der Waals surface area contributed by atoms with Gasteiger partial charge in [-0.15, -0.1) is 0 Å². The Morgan fingerprint density at radius 3 is 2.61 bits per heavy atom. The number of hydrogen-bond donors (Lipinski definition) is 1. The topological polar surface area (TPSA) is 78.6 Å². The Labute approximate surface area is 110 Å². The molecule has 0 atom stereocenters. The van der Waals surface area contributed by atoms with E-state index in [1.165, 1.54) is 12.1 Å². The Hall–Kier alpha value is -1.75. The number of anilines is 1. The van der Waals surface area contributed by atoms with Crippen LogP contribution < -0.4 is 5.73 Å². The molecule has 0 bridgehead atoms. The Balaban J connectivity index is 2.64. The Bertz CT molecular complexity index is 439. The molecule has 1 rings (SSSR count). The third kappa shape index (κ3) is 3.92. The molecule has 0 aromatic heterocycles. The minimum atomic E-state index is -0.751. The van der Waals surface area contributed by atoms with Gasteiger partial charge < -0.3 is 15.2 Å². The van der Waals surface area contributed by atoms with Crippen LogP contribution in [0.25, 0.3) is 0 Å². The summed E-state index contributed by atoms with van der Waals surface area (Å²) in [6.07, 6.45) is -0.262. The minimum Gasteiger partial charge on any atom is -0.460 e. The van der Waals surface area contributed by atoms with E-state index in [4.69, 9.17) is 26.8 Å². The molecular formula is C12H14ClNO4. The highest BCUT2D eigenvalue weighted by molar-refractivity contribution is 6.34. The summed E-state index contributed by atoms with van der Waals surface area (Å²) in [4.78, 5) is 22.9. The van der Waals surface area contributed by atoms with E-state index in [1.807, 2.05) is 0 Å². The van der Waals surface area contributed by atoms with Crippen LogP contribution in [-0.2, 0) is 14.3 Å². The Kier molecular flexibility index (Phi) is 4.97. The van der Waals surface area contributed by atoms with Gasteiger partial charge in [-0.05, 0) is 26.0 Å². The summed E-state index contributed by atoms with van der Waals surface area (Å²) in [6, 6.07) is 4.65. The quantitative estimate of drug-likeness (QED) is 0.670. The van der Waals surface area contributed by atoms with E-state index in [2.05, 4.69) is 0 Å². The lowest BCUT2D eigenvalue weighted by molar-refractivity contribution is -0.150. The van der Waals surface area contributed by atoms with Gasteiger partial charge in [0.2, 0.25) is 0 Å². The first-order valence-corrected chi connectivity index (χ1v) is 5.70. The van der Waals surface area contributed by atoms with Crippen molar-refractivity contribution in [3.63, 3.8) is 0 Å². The fourth-order valence-corrected chi connectivity index (χ4v) is 1.51. The molecule has 0 aliphatic heterocycles. The summed E-state index contributed by atoms with van der Waals surface area (Å²) >= 11 is 5.83. The van der Waals surface area contributed by atoms with Crippen molar-refractivity contribution in [1.29, 1.82) is 0 Å². The molecule has 1 aromatic rings. The molecule has 1 aromatic carbocycles. The lowest BCUT2D eigenvalue weighted by Crippen LogP contribution is -2.20. The molecule has 0 fully saturated rings. The second-order valence-electron chi connectivity index (χ2n) is 3.82. The van der Waals surface area contributed by atoms with Gasteiger partial charge in [0.15, 0.2) is 6.61 Å². The number of carbonyl (C=O) groups is 2. The van der Waals surface area contributed by atoms with Crippen molar-refractivity contribution >= 4 is 29.2 Å². The average Bonchev–Trinajstić information content (AvgIpc) is 2.25. The molecule has 0 unspecified atom stereocenters. The van der Waals surface area contributed by atoms with Crippen molar-refractivity contribution in [2.24, 2.45) is 0 Å². The third-order valence-electron chi connectivity index (χ3n) is 1.94. The molecule has 0 aliphatic rings. The minimum absolute atomic E-state index is 0.0523. The maximum absolute atomic E-state index is 11.7. The van der Waals surface area contributed by atoms with Crippen LogP contribution >= 0.6 is 11.6 Å². The summed E-state index contributed by atoms with van der Waals surface area (Å²) in [5, 5.41) is 0.178. The largest absolute Gasteiger partial charge is 0.460 e. The second-order valence-corrected chi connectivity index (χ2v) is 4.23. The SMILES string of the molecule is CC(C)OC(=O)COC(=O)c1c(N)cccc1Cl. The zero-order chi connectivity index (χ0) is 13.7. The number of benzene rings is 1. The second kappa shape index (κ2) is 6.26. The summed E-state index contributed by atoms with van der Waals surface area (Å²) < 4.78 is 9.59.